The normalized spacial score (nSPS) is 9.94. The maximum Gasteiger partial charge on any atom is 0.337 e. The maximum atomic E-state index is 10.7. The van der Waals surface area contributed by atoms with E-state index in [2.05, 4.69) is 15.0 Å². The number of carboxylic acids is 1. The molecule has 0 saturated carbocycles. The monoisotopic (exact) mass is 231 g/mol. The Morgan fingerprint density at radius 3 is 2.94 bits per heavy atom. The van der Waals surface area contributed by atoms with Crippen LogP contribution in [0.4, 0.5) is 0 Å². The molecular weight excluding hydrogens is 222 g/mol. The molecule has 0 fully saturated rings. The highest BCUT2D eigenvalue weighted by molar-refractivity contribution is 5.87. The largest absolute Gasteiger partial charge is 0.478 e. The average molecular weight is 231 g/mol. The quantitative estimate of drug-likeness (QED) is 0.864. The molecule has 2 rings (SSSR count). The number of aromatic nitrogens is 3. The van der Waals surface area contributed by atoms with Crippen molar-refractivity contribution in [2.24, 2.45) is 0 Å². The predicted octanol–water partition coefficient (Wildman–Crippen LogP) is 1.67. The zero-order chi connectivity index (χ0) is 12.3. The van der Waals surface area contributed by atoms with Gasteiger partial charge in [-0.25, -0.2) is 14.8 Å². The molecule has 0 aliphatic carbocycles. The number of ether oxygens (including phenoxy) is 1. The molecular formula is C11H9N3O3. The van der Waals surface area contributed by atoms with Crippen LogP contribution in [0, 0.1) is 6.92 Å². The molecule has 2 heterocycles. The van der Waals surface area contributed by atoms with E-state index in [0.29, 0.717) is 0 Å². The van der Waals surface area contributed by atoms with Crippen molar-refractivity contribution in [2.75, 3.05) is 0 Å². The van der Waals surface area contributed by atoms with Gasteiger partial charge in [0.1, 0.15) is 5.75 Å². The summed E-state index contributed by atoms with van der Waals surface area (Å²) in [6.07, 6.45) is 4.20. The van der Waals surface area contributed by atoms with Crippen LogP contribution in [0.15, 0.2) is 30.7 Å². The first-order valence-electron chi connectivity index (χ1n) is 4.81. The van der Waals surface area contributed by atoms with Gasteiger partial charge in [0, 0.05) is 18.1 Å². The molecule has 0 unspecified atom stereocenters. The van der Waals surface area contributed by atoms with Gasteiger partial charge in [-0.1, -0.05) is 0 Å². The van der Waals surface area contributed by atoms with Crippen LogP contribution >= 0.6 is 0 Å². The van der Waals surface area contributed by atoms with Crippen molar-refractivity contribution >= 4 is 5.97 Å². The molecule has 0 saturated heterocycles. The summed E-state index contributed by atoms with van der Waals surface area (Å²) in [5, 5.41) is 8.79. The molecule has 0 atom stereocenters. The number of aryl methyl sites for hydroxylation is 1. The highest BCUT2D eigenvalue weighted by Gasteiger charge is 2.06. The number of rotatable bonds is 3. The van der Waals surface area contributed by atoms with Gasteiger partial charge >= 0.3 is 12.0 Å². The van der Waals surface area contributed by atoms with Gasteiger partial charge in [0.15, 0.2) is 0 Å². The van der Waals surface area contributed by atoms with E-state index in [1.807, 2.05) is 0 Å². The first-order valence-corrected chi connectivity index (χ1v) is 4.81. The van der Waals surface area contributed by atoms with Crippen molar-refractivity contribution < 1.29 is 14.6 Å². The lowest BCUT2D eigenvalue weighted by Crippen LogP contribution is -1.99. The van der Waals surface area contributed by atoms with Gasteiger partial charge in [-0.2, -0.15) is 0 Å². The van der Waals surface area contributed by atoms with Crippen LogP contribution in [0.5, 0.6) is 11.8 Å². The zero-order valence-corrected chi connectivity index (χ0v) is 8.99. The highest BCUT2D eigenvalue weighted by Crippen LogP contribution is 2.17. The van der Waals surface area contributed by atoms with Crippen molar-refractivity contribution in [1.29, 1.82) is 0 Å². The summed E-state index contributed by atoms with van der Waals surface area (Å²) in [6, 6.07) is 3.26. The van der Waals surface area contributed by atoms with Crippen molar-refractivity contribution in [3.05, 3.63) is 42.0 Å². The number of hydrogen-bond donors (Lipinski definition) is 1. The van der Waals surface area contributed by atoms with Gasteiger partial charge in [0.05, 0.1) is 11.8 Å². The molecule has 6 heteroatoms. The Labute approximate surface area is 96.9 Å². The zero-order valence-electron chi connectivity index (χ0n) is 8.99. The van der Waals surface area contributed by atoms with Gasteiger partial charge in [-0.15, -0.1) is 0 Å². The second-order valence-electron chi connectivity index (χ2n) is 3.30. The van der Waals surface area contributed by atoms with E-state index >= 15 is 0 Å². The second-order valence-corrected chi connectivity index (χ2v) is 3.30. The molecule has 0 aliphatic heterocycles. The Hall–Kier alpha value is -2.50. The molecule has 0 bridgehead atoms. The van der Waals surface area contributed by atoms with Crippen LogP contribution in [0.1, 0.15) is 16.1 Å². The molecule has 0 amide bonds. The Balaban J connectivity index is 2.24. The number of nitrogens with zero attached hydrogens (tertiary/aromatic N) is 3. The molecule has 0 radical (unpaired) electrons. The third kappa shape index (κ3) is 2.75. The van der Waals surface area contributed by atoms with Gasteiger partial charge < -0.3 is 9.84 Å². The lowest BCUT2D eigenvalue weighted by atomic mass is 10.3. The van der Waals surface area contributed by atoms with Gasteiger partial charge in [-0.3, -0.25) is 4.98 Å². The summed E-state index contributed by atoms with van der Waals surface area (Å²) in [5.41, 5.74) is 0.813. The van der Waals surface area contributed by atoms with Crippen molar-refractivity contribution in [2.45, 2.75) is 6.92 Å². The molecule has 86 valence electrons. The van der Waals surface area contributed by atoms with Crippen molar-refractivity contribution in [3.8, 4) is 11.8 Å². The summed E-state index contributed by atoms with van der Waals surface area (Å²) in [4.78, 5) is 22.4. The summed E-state index contributed by atoms with van der Waals surface area (Å²) in [5.74, 6) is -0.774. The minimum Gasteiger partial charge on any atom is -0.478 e. The molecule has 0 aromatic carbocycles. The van der Waals surface area contributed by atoms with Crippen LogP contribution < -0.4 is 4.74 Å². The third-order valence-electron chi connectivity index (χ3n) is 1.94. The fourth-order valence-corrected chi connectivity index (χ4v) is 1.17. The summed E-state index contributed by atoms with van der Waals surface area (Å²) in [7, 11) is 0. The van der Waals surface area contributed by atoms with E-state index in [9.17, 15) is 4.79 Å². The maximum absolute atomic E-state index is 10.7. The second kappa shape index (κ2) is 4.56. The predicted molar refractivity (Wildman–Crippen MR) is 58.0 cm³/mol. The first kappa shape index (κ1) is 11.0. The Morgan fingerprint density at radius 1 is 1.41 bits per heavy atom. The topological polar surface area (TPSA) is 85.2 Å². The molecule has 2 aromatic rings. The Kier molecular flexibility index (Phi) is 2.95. The van der Waals surface area contributed by atoms with Crippen molar-refractivity contribution in [3.63, 3.8) is 0 Å². The van der Waals surface area contributed by atoms with Crippen LogP contribution in [0.2, 0.25) is 0 Å². The number of hydrogen-bond acceptors (Lipinski definition) is 5. The SMILES string of the molecule is Cc1ccnc(Oc2cncc(C(=O)O)c2)n1. The van der Waals surface area contributed by atoms with E-state index in [0.717, 1.165) is 5.69 Å². The van der Waals surface area contributed by atoms with Crippen LogP contribution in [-0.4, -0.2) is 26.0 Å². The third-order valence-corrected chi connectivity index (χ3v) is 1.94. The molecule has 17 heavy (non-hydrogen) atoms. The van der Waals surface area contributed by atoms with E-state index in [-0.39, 0.29) is 17.3 Å². The molecule has 1 N–H and O–H groups in total. The summed E-state index contributed by atoms with van der Waals surface area (Å²) >= 11 is 0. The molecule has 2 aromatic heterocycles. The standard InChI is InChI=1S/C11H9N3O3/c1-7-2-3-13-11(14-7)17-9-4-8(10(15)16)5-12-6-9/h2-6H,1H3,(H,15,16). The lowest BCUT2D eigenvalue weighted by Gasteiger charge is -2.03. The number of carbonyl (C=O) groups is 1. The van der Waals surface area contributed by atoms with E-state index in [1.54, 1.807) is 19.2 Å². The first-order chi connectivity index (χ1) is 8.15. The number of pyridine rings is 1. The Morgan fingerprint density at radius 2 is 2.24 bits per heavy atom. The van der Waals surface area contributed by atoms with Crippen LogP contribution in [0.3, 0.4) is 0 Å². The van der Waals surface area contributed by atoms with Crippen LogP contribution in [0.25, 0.3) is 0 Å². The van der Waals surface area contributed by atoms with Gasteiger partial charge in [0.2, 0.25) is 0 Å². The fraction of sp³-hybridized carbons (Fsp3) is 0.0909. The summed E-state index contributed by atoms with van der Waals surface area (Å²) in [6.45, 7) is 1.81. The molecule has 0 aliphatic rings. The lowest BCUT2D eigenvalue weighted by molar-refractivity contribution is 0.0696. The minimum atomic E-state index is -1.06. The number of carboxylic acid groups (broad SMARTS) is 1. The molecule has 0 spiro atoms. The number of aromatic carboxylic acids is 1. The average Bonchev–Trinajstić information content (AvgIpc) is 2.29. The van der Waals surface area contributed by atoms with E-state index in [4.69, 9.17) is 9.84 Å². The van der Waals surface area contributed by atoms with Gasteiger partial charge in [0.25, 0.3) is 0 Å². The fourth-order valence-electron chi connectivity index (χ4n) is 1.17. The Bertz CT molecular complexity index is 557. The minimum absolute atomic E-state index is 0.0511. The van der Waals surface area contributed by atoms with Crippen molar-refractivity contribution in [1.82, 2.24) is 15.0 Å². The van der Waals surface area contributed by atoms with Gasteiger partial charge in [-0.05, 0) is 19.1 Å². The summed E-state index contributed by atoms with van der Waals surface area (Å²) < 4.78 is 5.30. The smallest absolute Gasteiger partial charge is 0.337 e. The van der Waals surface area contributed by atoms with E-state index in [1.165, 1.54) is 18.5 Å². The van der Waals surface area contributed by atoms with E-state index < -0.39 is 5.97 Å². The molecule has 6 nitrogen and oxygen atoms in total. The highest BCUT2D eigenvalue weighted by atomic mass is 16.5. The van der Waals surface area contributed by atoms with Crippen LogP contribution in [-0.2, 0) is 0 Å².